The summed E-state index contributed by atoms with van der Waals surface area (Å²) in [6, 6.07) is 14.9. The summed E-state index contributed by atoms with van der Waals surface area (Å²) in [5.41, 5.74) is 2.46. The minimum absolute atomic E-state index is 0.166. The standard InChI is InChI=1S/C16H11ClN2O/c17-12-7-8-13-14(10-12)19-16(18-13)15(20)9-6-11-4-2-1-3-5-11/h1-10H,(H,18,19)/b9-6+. The molecule has 0 aliphatic heterocycles. The van der Waals surface area contributed by atoms with E-state index in [1.54, 1.807) is 24.3 Å². The number of H-pyrrole nitrogens is 1. The zero-order valence-electron chi connectivity index (χ0n) is 10.5. The van der Waals surface area contributed by atoms with E-state index in [0.717, 1.165) is 16.6 Å². The van der Waals surface area contributed by atoms with Crippen LogP contribution in [0.2, 0.25) is 5.02 Å². The predicted octanol–water partition coefficient (Wildman–Crippen LogP) is 4.11. The van der Waals surface area contributed by atoms with Crippen LogP contribution in [-0.4, -0.2) is 15.8 Å². The molecule has 1 aromatic heterocycles. The lowest BCUT2D eigenvalue weighted by Gasteiger charge is -1.91. The summed E-state index contributed by atoms with van der Waals surface area (Å²) in [4.78, 5) is 19.3. The largest absolute Gasteiger partial charge is 0.335 e. The SMILES string of the molecule is O=C(/C=C/c1ccccc1)c1nc2ccc(Cl)cc2[nH]1. The first kappa shape index (κ1) is 12.6. The number of ketones is 1. The first-order chi connectivity index (χ1) is 9.72. The quantitative estimate of drug-likeness (QED) is 0.580. The Bertz CT molecular complexity index is 791. The van der Waals surface area contributed by atoms with Crippen molar-refractivity contribution in [2.45, 2.75) is 0 Å². The highest BCUT2D eigenvalue weighted by Crippen LogP contribution is 2.17. The van der Waals surface area contributed by atoms with Gasteiger partial charge in [0.05, 0.1) is 11.0 Å². The topological polar surface area (TPSA) is 45.8 Å². The molecule has 3 nitrogen and oxygen atoms in total. The molecular formula is C16H11ClN2O. The van der Waals surface area contributed by atoms with Gasteiger partial charge in [0.15, 0.2) is 5.82 Å². The summed E-state index contributed by atoms with van der Waals surface area (Å²) in [7, 11) is 0. The fourth-order valence-corrected chi connectivity index (χ4v) is 2.09. The van der Waals surface area contributed by atoms with Gasteiger partial charge in [-0.2, -0.15) is 0 Å². The number of carbonyl (C=O) groups is 1. The van der Waals surface area contributed by atoms with Crippen molar-refractivity contribution in [3.8, 4) is 0 Å². The zero-order chi connectivity index (χ0) is 13.9. The molecule has 3 rings (SSSR count). The van der Waals surface area contributed by atoms with E-state index in [-0.39, 0.29) is 5.78 Å². The number of rotatable bonds is 3. The molecule has 98 valence electrons. The lowest BCUT2D eigenvalue weighted by molar-refractivity contribution is 0.103. The zero-order valence-corrected chi connectivity index (χ0v) is 11.3. The smallest absolute Gasteiger partial charge is 0.221 e. The number of benzene rings is 2. The molecule has 0 spiro atoms. The van der Waals surface area contributed by atoms with Gasteiger partial charge < -0.3 is 4.98 Å². The van der Waals surface area contributed by atoms with Crippen LogP contribution in [0, 0.1) is 0 Å². The molecule has 0 saturated carbocycles. The van der Waals surface area contributed by atoms with E-state index in [1.165, 1.54) is 6.08 Å². The predicted molar refractivity (Wildman–Crippen MR) is 80.9 cm³/mol. The first-order valence-electron chi connectivity index (χ1n) is 6.15. The van der Waals surface area contributed by atoms with Crippen molar-refractivity contribution in [1.29, 1.82) is 0 Å². The lowest BCUT2D eigenvalue weighted by Crippen LogP contribution is -1.96. The number of halogens is 1. The Morgan fingerprint density at radius 2 is 1.95 bits per heavy atom. The van der Waals surface area contributed by atoms with Crippen LogP contribution in [0.4, 0.5) is 0 Å². The van der Waals surface area contributed by atoms with Gasteiger partial charge in [-0.3, -0.25) is 4.79 Å². The Morgan fingerprint density at radius 3 is 2.75 bits per heavy atom. The van der Waals surface area contributed by atoms with Crippen molar-refractivity contribution in [1.82, 2.24) is 9.97 Å². The molecule has 0 saturated heterocycles. The number of aromatic amines is 1. The fraction of sp³-hybridized carbons (Fsp3) is 0. The van der Waals surface area contributed by atoms with E-state index in [4.69, 9.17) is 11.6 Å². The van der Waals surface area contributed by atoms with E-state index in [0.29, 0.717) is 10.8 Å². The number of hydrogen-bond acceptors (Lipinski definition) is 2. The van der Waals surface area contributed by atoms with Gasteiger partial charge in [-0.25, -0.2) is 4.98 Å². The molecule has 2 aromatic carbocycles. The minimum Gasteiger partial charge on any atom is -0.335 e. The summed E-state index contributed by atoms with van der Waals surface area (Å²) >= 11 is 5.90. The number of aromatic nitrogens is 2. The Hall–Kier alpha value is -2.39. The molecule has 0 aliphatic rings. The van der Waals surface area contributed by atoms with Crippen LogP contribution in [-0.2, 0) is 0 Å². The highest BCUT2D eigenvalue weighted by molar-refractivity contribution is 6.31. The Morgan fingerprint density at radius 1 is 1.15 bits per heavy atom. The van der Waals surface area contributed by atoms with Crippen LogP contribution in [0.3, 0.4) is 0 Å². The van der Waals surface area contributed by atoms with Crippen molar-refractivity contribution < 1.29 is 4.79 Å². The van der Waals surface area contributed by atoms with E-state index in [2.05, 4.69) is 9.97 Å². The summed E-state index contributed by atoms with van der Waals surface area (Å²) in [5.74, 6) is 0.149. The van der Waals surface area contributed by atoms with Gasteiger partial charge in [-0.15, -0.1) is 0 Å². The average Bonchev–Trinajstić information content (AvgIpc) is 2.89. The Balaban J connectivity index is 1.87. The molecule has 0 fully saturated rings. The van der Waals surface area contributed by atoms with Crippen LogP contribution >= 0.6 is 11.6 Å². The highest BCUT2D eigenvalue weighted by atomic mass is 35.5. The summed E-state index contributed by atoms with van der Waals surface area (Å²) in [6.45, 7) is 0. The highest BCUT2D eigenvalue weighted by Gasteiger charge is 2.08. The normalized spacial score (nSPS) is 11.2. The number of nitrogens with zero attached hydrogens (tertiary/aromatic N) is 1. The second-order valence-corrected chi connectivity index (χ2v) is 4.79. The van der Waals surface area contributed by atoms with Crippen molar-refractivity contribution >= 4 is 34.5 Å². The monoisotopic (exact) mass is 282 g/mol. The maximum Gasteiger partial charge on any atom is 0.221 e. The number of fused-ring (bicyclic) bond motifs is 1. The minimum atomic E-state index is -0.166. The van der Waals surface area contributed by atoms with Gasteiger partial charge in [-0.05, 0) is 29.8 Å². The second kappa shape index (κ2) is 5.31. The van der Waals surface area contributed by atoms with Crippen molar-refractivity contribution in [3.63, 3.8) is 0 Å². The van der Waals surface area contributed by atoms with Crippen LogP contribution in [0.1, 0.15) is 16.2 Å². The molecule has 3 aromatic rings. The van der Waals surface area contributed by atoms with Gasteiger partial charge >= 0.3 is 0 Å². The fourth-order valence-electron chi connectivity index (χ4n) is 1.91. The molecular weight excluding hydrogens is 272 g/mol. The van der Waals surface area contributed by atoms with Gasteiger partial charge in [0.25, 0.3) is 0 Å². The second-order valence-electron chi connectivity index (χ2n) is 4.36. The van der Waals surface area contributed by atoms with E-state index in [1.807, 2.05) is 30.3 Å². The van der Waals surface area contributed by atoms with Gasteiger partial charge in [0.1, 0.15) is 0 Å². The number of nitrogens with one attached hydrogen (secondary N) is 1. The molecule has 20 heavy (non-hydrogen) atoms. The molecule has 0 unspecified atom stereocenters. The third-order valence-electron chi connectivity index (χ3n) is 2.90. The molecule has 0 aliphatic carbocycles. The van der Waals surface area contributed by atoms with Crippen LogP contribution in [0.15, 0.2) is 54.6 Å². The molecule has 1 heterocycles. The molecule has 0 amide bonds. The first-order valence-corrected chi connectivity index (χ1v) is 6.53. The van der Waals surface area contributed by atoms with Crippen molar-refractivity contribution in [2.75, 3.05) is 0 Å². The van der Waals surface area contributed by atoms with E-state index < -0.39 is 0 Å². The molecule has 1 N–H and O–H groups in total. The van der Waals surface area contributed by atoms with Gasteiger partial charge in [0.2, 0.25) is 5.78 Å². The van der Waals surface area contributed by atoms with Crippen LogP contribution in [0.25, 0.3) is 17.1 Å². The van der Waals surface area contributed by atoms with Crippen LogP contribution < -0.4 is 0 Å². The number of imidazole rings is 1. The van der Waals surface area contributed by atoms with Crippen molar-refractivity contribution in [2.24, 2.45) is 0 Å². The van der Waals surface area contributed by atoms with E-state index in [9.17, 15) is 4.79 Å². The molecule has 0 bridgehead atoms. The number of hydrogen-bond donors (Lipinski definition) is 1. The lowest BCUT2D eigenvalue weighted by atomic mass is 10.2. The molecule has 0 atom stereocenters. The maximum atomic E-state index is 12.1. The maximum absolute atomic E-state index is 12.1. The van der Waals surface area contributed by atoms with Crippen molar-refractivity contribution in [3.05, 3.63) is 71.0 Å². The third-order valence-corrected chi connectivity index (χ3v) is 3.14. The van der Waals surface area contributed by atoms with Gasteiger partial charge in [-0.1, -0.05) is 48.0 Å². The number of carbonyl (C=O) groups excluding carboxylic acids is 1. The Labute approximate surface area is 120 Å². The summed E-state index contributed by atoms with van der Waals surface area (Å²) in [6.07, 6.45) is 3.27. The summed E-state index contributed by atoms with van der Waals surface area (Å²) in [5, 5.41) is 0.611. The van der Waals surface area contributed by atoms with E-state index >= 15 is 0 Å². The van der Waals surface area contributed by atoms with Gasteiger partial charge in [0, 0.05) is 5.02 Å². The number of allylic oxidation sites excluding steroid dienone is 1. The average molecular weight is 283 g/mol. The Kier molecular flexibility index (Phi) is 3.35. The molecule has 4 heteroatoms. The third kappa shape index (κ3) is 2.63. The van der Waals surface area contributed by atoms with Crippen LogP contribution in [0.5, 0.6) is 0 Å². The summed E-state index contributed by atoms with van der Waals surface area (Å²) < 4.78 is 0. The molecule has 0 radical (unpaired) electrons.